The third-order valence-electron chi connectivity index (χ3n) is 13.6. The molecule has 4 aromatic heterocycles. The molecule has 2 fully saturated rings. The van der Waals surface area contributed by atoms with Crippen LogP contribution in [0.1, 0.15) is 0 Å². The van der Waals surface area contributed by atoms with Gasteiger partial charge in [-0.25, -0.2) is 19.9 Å². The summed E-state index contributed by atoms with van der Waals surface area (Å²) in [6.07, 6.45) is 5.60. The second-order valence-electron chi connectivity index (χ2n) is 20.4. The molecule has 0 aliphatic carbocycles. The molecule has 2 saturated heterocycles. The van der Waals surface area contributed by atoms with Crippen LogP contribution in [0, 0.1) is 0 Å². The molecular formula is C58H68N14O3Si. The monoisotopic (exact) mass is 1040 g/mol. The topological polar surface area (TPSA) is 177 Å². The minimum absolute atomic E-state index is 0.254. The second-order valence-corrected chi connectivity index (χ2v) is 26.0. The summed E-state index contributed by atoms with van der Waals surface area (Å²) in [5, 5.41) is 14.1. The summed E-state index contributed by atoms with van der Waals surface area (Å²) < 4.78 is 8.37. The number of carbonyl (C=O) groups is 2. The molecule has 6 heterocycles. The van der Waals surface area contributed by atoms with Gasteiger partial charge in [0.05, 0.1) is 16.5 Å². The Morgan fingerprint density at radius 3 is 1.64 bits per heavy atom. The van der Waals surface area contributed by atoms with Crippen LogP contribution in [-0.2, 0) is 21.1 Å². The van der Waals surface area contributed by atoms with E-state index in [0.29, 0.717) is 29.7 Å². The molecule has 2 aliphatic heterocycles. The smallest absolute Gasteiger partial charge is 0.247 e. The molecule has 392 valence electrons. The van der Waals surface area contributed by atoms with Gasteiger partial charge < -0.3 is 55.2 Å². The molecule has 17 nitrogen and oxygen atoms in total. The largest absolute Gasteiger partial charge is 0.369 e. The number of carbonyl (C=O) groups excluding carboxylic acids is 2. The van der Waals surface area contributed by atoms with Crippen molar-refractivity contribution in [1.29, 1.82) is 0 Å². The molecule has 76 heavy (non-hydrogen) atoms. The van der Waals surface area contributed by atoms with Crippen LogP contribution in [0.25, 0.3) is 44.6 Å². The van der Waals surface area contributed by atoms with Gasteiger partial charge in [0.1, 0.15) is 42.3 Å². The van der Waals surface area contributed by atoms with Crippen LogP contribution in [0.3, 0.4) is 0 Å². The van der Waals surface area contributed by atoms with Crippen LogP contribution in [0.15, 0.2) is 147 Å². The van der Waals surface area contributed by atoms with E-state index in [1.165, 1.54) is 29.9 Å². The zero-order chi connectivity index (χ0) is 53.2. The molecule has 0 saturated carbocycles. The quantitative estimate of drug-likeness (QED) is 0.0331. The van der Waals surface area contributed by atoms with Crippen molar-refractivity contribution in [2.24, 2.45) is 0 Å². The number of ether oxygens (including phenoxy) is 1. The van der Waals surface area contributed by atoms with E-state index in [2.05, 4.69) is 178 Å². The lowest BCUT2D eigenvalue weighted by Crippen LogP contribution is -2.44. The van der Waals surface area contributed by atoms with E-state index < -0.39 is 8.07 Å². The number of nitrogens with one attached hydrogen (secondary N) is 5. The number of hydrogen-bond acceptors (Lipinski definition) is 13. The van der Waals surface area contributed by atoms with Crippen LogP contribution in [0.5, 0.6) is 0 Å². The second kappa shape index (κ2) is 24.0. The number of nitrogens with zero attached hydrogens (tertiary/aromatic N) is 9. The molecule has 4 aromatic carbocycles. The fraction of sp³-hybridized carbons (Fsp3) is 0.276. The fourth-order valence-electron chi connectivity index (χ4n) is 9.10. The van der Waals surface area contributed by atoms with Gasteiger partial charge in [-0.1, -0.05) is 69.2 Å². The minimum atomic E-state index is -1.22. The highest BCUT2D eigenvalue weighted by molar-refractivity contribution is 6.76. The zero-order valence-electron chi connectivity index (χ0n) is 44.1. The van der Waals surface area contributed by atoms with Crippen molar-refractivity contribution >= 4 is 87.7 Å². The van der Waals surface area contributed by atoms with Crippen molar-refractivity contribution in [3.8, 4) is 22.5 Å². The molecule has 2 amide bonds. The van der Waals surface area contributed by atoms with Crippen LogP contribution in [0.2, 0.25) is 25.7 Å². The third kappa shape index (κ3) is 13.4. The number of fused-ring (bicyclic) bond motifs is 2. The molecule has 0 spiro atoms. The highest BCUT2D eigenvalue weighted by Crippen LogP contribution is 2.34. The van der Waals surface area contributed by atoms with Gasteiger partial charge in [0.2, 0.25) is 11.8 Å². The van der Waals surface area contributed by atoms with E-state index in [1.54, 1.807) is 6.33 Å². The molecule has 18 heteroatoms. The Kier molecular flexibility index (Phi) is 16.6. The Morgan fingerprint density at radius 2 is 1.12 bits per heavy atom. The SMILES string of the molecule is C=CC(=O)Nc1cccc(Nc2ncnc3[nH]c(-c4ccc(N5CCN(C)CC5)cc4)cc23)c1.C=CC(=O)Nc1cccc(Nc2ncnc3c2cc(-c2ccc(N4CCN(C)CC4)cc2)n3COCC[Si](C)(C)C)c1. The van der Waals surface area contributed by atoms with Gasteiger partial charge in [-0.05, 0) is 116 Å². The van der Waals surface area contributed by atoms with Crippen molar-refractivity contribution in [2.45, 2.75) is 32.4 Å². The first-order valence-electron chi connectivity index (χ1n) is 25.7. The van der Waals surface area contributed by atoms with Crippen molar-refractivity contribution in [3.05, 3.63) is 147 Å². The lowest BCUT2D eigenvalue weighted by atomic mass is 10.1. The van der Waals surface area contributed by atoms with Crippen LogP contribution in [0.4, 0.5) is 45.8 Å². The average molecular weight is 1040 g/mol. The number of rotatable bonds is 17. The number of likely N-dealkylation sites (N-methyl/N-ethyl adjacent to an activating group) is 2. The highest BCUT2D eigenvalue weighted by atomic mass is 28.3. The predicted octanol–water partition coefficient (Wildman–Crippen LogP) is 10.3. The summed E-state index contributed by atoms with van der Waals surface area (Å²) in [7, 11) is 3.12. The summed E-state index contributed by atoms with van der Waals surface area (Å²) in [4.78, 5) is 54.5. The van der Waals surface area contributed by atoms with Gasteiger partial charge >= 0.3 is 0 Å². The summed E-state index contributed by atoms with van der Waals surface area (Å²) in [6, 6.07) is 37.7. The van der Waals surface area contributed by atoms with Crippen molar-refractivity contribution in [1.82, 2.24) is 39.3 Å². The van der Waals surface area contributed by atoms with Crippen molar-refractivity contribution in [2.75, 3.05) is 104 Å². The predicted molar refractivity (Wildman–Crippen MR) is 313 cm³/mol. The Hall–Kier alpha value is -8.16. The lowest BCUT2D eigenvalue weighted by molar-refractivity contribution is -0.112. The van der Waals surface area contributed by atoms with Gasteiger partial charge in [-0.2, -0.15) is 0 Å². The first-order chi connectivity index (χ1) is 36.8. The Bertz CT molecular complexity index is 3300. The van der Waals surface area contributed by atoms with Gasteiger partial charge in [0, 0.05) is 107 Å². The van der Waals surface area contributed by atoms with E-state index in [0.717, 1.165) is 121 Å². The highest BCUT2D eigenvalue weighted by Gasteiger charge is 2.20. The number of H-pyrrole nitrogens is 1. The van der Waals surface area contributed by atoms with E-state index in [-0.39, 0.29) is 11.8 Å². The number of amides is 2. The van der Waals surface area contributed by atoms with Gasteiger partial charge in [-0.3, -0.25) is 9.59 Å². The maximum atomic E-state index is 11.8. The first-order valence-corrected chi connectivity index (χ1v) is 29.4. The van der Waals surface area contributed by atoms with E-state index in [4.69, 9.17) is 4.74 Å². The summed E-state index contributed by atoms with van der Waals surface area (Å²) in [5.74, 6) is 0.860. The number of piperazine rings is 2. The van der Waals surface area contributed by atoms with E-state index >= 15 is 0 Å². The number of aromatic amines is 1. The maximum absolute atomic E-state index is 11.8. The number of anilines is 8. The molecule has 0 bridgehead atoms. The molecule has 5 N–H and O–H groups in total. The lowest BCUT2D eigenvalue weighted by Gasteiger charge is -2.34. The van der Waals surface area contributed by atoms with Gasteiger partial charge in [-0.15, -0.1) is 0 Å². The molecule has 8 aromatic rings. The molecule has 2 aliphatic rings. The molecule has 0 radical (unpaired) electrons. The van der Waals surface area contributed by atoms with E-state index in [9.17, 15) is 9.59 Å². The Balaban J connectivity index is 0.000000190. The fourth-order valence-corrected chi connectivity index (χ4v) is 9.85. The van der Waals surface area contributed by atoms with Crippen LogP contribution >= 0.6 is 0 Å². The normalized spacial score (nSPS) is 14.2. The Labute approximate surface area is 445 Å². The van der Waals surface area contributed by atoms with Crippen molar-refractivity contribution in [3.63, 3.8) is 0 Å². The number of aromatic nitrogens is 6. The molecule has 0 unspecified atom stereocenters. The standard InChI is InChI=1S/C32H41N7O2Si.C26H27N7O/c1-6-30(40)35-25-8-7-9-26(20-25)36-31-28-21-29(24-10-12-27(13-11-24)38-16-14-37(2)15-17-38)39(32(28)34-22-33-31)23-41-18-19-42(3,4)5;1-3-24(34)29-19-5-4-6-20(15-19)30-25-22-16-23(31-26(22)28-17-27-25)18-7-9-21(10-8-18)33-13-11-32(2)12-14-33/h6-13,20-22H,1,14-19,23H2,2-5H3,(H,35,40)(H,33,34,36);3-10,15-17H,1,11-14H2,2H3,(H,29,34)(H2,27,28,30,31). The summed E-state index contributed by atoms with van der Waals surface area (Å²) in [5.41, 5.74) is 11.2. The van der Waals surface area contributed by atoms with Gasteiger partial charge in [0.25, 0.3) is 0 Å². The number of benzene rings is 4. The third-order valence-corrected chi connectivity index (χ3v) is 15.3. The van der Waals surface area contributed by atoms with Crippen LogP contribution in [-0.4, -0.2) is 132 Å². The minimum Gasteiger partial charge on any atom is -0.369 e. The average Bonchev–Trinajstić information content (AvgIpc) is 4.05. The Morgan fingerprint density at radius 1 is 0.618 bits per heavy atom. The maximum Gasteiger partial charge on any atom is 0.247 e. The van der Waals surface area contributed by atoms with Gasteiger partial charge in [0.15, 0.2) is 0 Å². The summed E-state index contributed by atoms with van der Waals surface area (Å²) >= 11 is 0. The molecule has 0 atom stereocenters. The molecule has 10 rings (SSSR count). The first kappa shape index (κ1) is 52.7. The van der Waals surface area contributed by atoms with E-state index in [1.807, 2.05) is 48.5 Å². The summed E-state index contributed by atoms with van der Waals surface area (Å²) in [6.45, 7) is 23.7. The van der Waals surface area contributed by atoms with Crippen LogP contribution < -0.4 is 31.1 Å². The zero-order valence-corrected chi connectivity index (χ0v) is 45.1. The molecular weight excluding hydrogens is 969 g/mol. The number of hydrogen-bond donors (Lipinski definition) is 5. The van der Waals surface area contributed by atoms with Crippen molar-refractivity contribution < 1.29 is 14.3 Å².